The second kappa shape index (κ2) is 6.71. The molecule has 0 saturated carbocycles. The Balaban J connectivity index is 2.67. The van der Waals surface area contributed by atoms with E-state index in [0.29, 0.717) is 6.66 Å². The SMILES string of the molecule is Cc1cccc(S(=O)(=O)CCOP(=O)(O)OP(C)(=O)O)c1. The minimum absolute atomic E-state index is 0.0584. The molecule has 2 atom stereocenters. The van der Waals surface area contributed by atoms with Crippen LogP contribution < -0.4 is 0 Å². The lowest BCUT2D eigenvalue weighted by Crippen LogP contribution is -2.12. The lowest BCUT2D eigenvalue weighted by molar-refractivity contribution is 0.206. The van der Waals surface area contributed by atoms with E-state index in [4.69, 9.17) is 9.79 Å². The lowest BCUT2D eigenvalue weighted by Gasteiger charge is -2.13. The Bertz CT molecular complexity index is 693. The molecule has 120 valence electrons. The van der Waals surface area contributed by atoms with E-state index in [1.807, 2.05) is 0 Å². The summed E-state index contributed by atoms with van der Waals surface area (Å²) in [5.41, 5.74) is 0.750. The number of sulfone groups is 1. The van der Waals surface area contributed by atoms with Gasteiger partial charge in [0, 0.05) is 6.66 Å². The second-order valence-electron chi connectivity index (χ2n) is 4.32. The normalized spacial score (nSPS) is 17.9. The Kier molecular flexibility index (Phi) is 5.91. The van der Waals surface area contributed by atoms with Crippen LogP contribution >= 0.6 is 15.4 Å². The number of aryl methyl sites for hydroxylation is 1. The lowest BCUT2D eigenvalue weighted by atomic mass is 10.2. The van der Waals surface area contributed by atoms with Crippen molar-refractivity contribution < 1.29 is 36.2 Å². The van der Waals surface area contributed by atoms with E-state index in [9.17, 15) is 17.5 Å². The molecule has 0 fully saturated rings. The third kappa shape index (κ3) is 6.84. The third-order valence-electron chi connectivity index (χ3n) is 2.21. The van der Waals surface area contributed by atoms with Gasteiger partial charge in [0.2, 0.25) is 0 Å². The van der Waals surface area contributed by atoms with Gasteiger partial charge in [0.15, 0.2) is 9.84 Å². The van der Waals surface area contributed by atoms with Gasteiger partial charge < -0.3 is 9.79 Å². The van der Waals surface area contributed by atoms with E-state index >= 15 is 0 Å². The zero-order valence-electron chi connectivity index (χ0n) is 11.4. The minimum Gasteiger partial charge on any atom is -0.324 e. The van der Waals surface area contributed by atoms with Crippen LogP contribution in [-0.2, 0) is 27.8 Å². The molecule has 2 unspecified atom stereocenters. The number of phosphoric ester groups is 1. The van der Waals surface area contributed by atoms with Gasteiger partial charge in [0.1, 0.15) is 0 Å². The summed E-state index contributed by atoms with van der Waals surface area (Å²) in [5.74, 6) is -0.566. The fourth-order valence-corrected chi connectivity index (χ4v) is 4.76. The van der Waals surface area contributed by atoms with Crippen molar-refractivity contribution in [1.29, 1.82) is 0 Å². The van der Waals surface area contributed by atoms with Crippen molar-refractivity contribution in [3.8, 4) is 0 Å². The number of phosphoric acid groups is 1. The number of rotatable bonds is 7. The maximum absolute atomic E-state index is 12.0. The quantitative estimate of drug-likeness (QED) is 0.705. The molecule has 0 aliphatic rings. The van der Waals surface area contributed by atoms with Crippen LogP contribution in [0.5, 0.6) is 0 Å². The summed E-state index contributed by atoms with van der Waals surface area (Å²) < 4.78 is 54.4. The maximum Gasteiger partial charge on any atom is 0.479 e. The molecule has 0 radical (unpaired) electrons. The van der Waals surface area contributed by atoms with Crippen molar-refractivity contribution in [3.05, 3.63) is 29.8 Å². The maximum atomic E-state index is 12.0. The molecular formula is C10H16O8P2S. The van der Waals surface area contributed by atoms with Crippen LogP contribution in [0.25, 0.3) is 0 Å². The molecule has 1 aromatic rings. The van der Waals surface area contributed by atoms with Gasteiger partial charge in [-0.25, -0.2) is 17.3 Å². The van der Waals surface area contributed by atoms with Crippen molar-refractivity contribution >= 4 is 25.3 Å². The van der Waals surface area contributed by atoms with Gasteiger partial charge in [-0.1, -0.05) is 12.1 Å². The molecule has 1 rings (SSSR count). The first-order valence-electron chi connectivity index (χ1n) is 5.70. The number of benzene rings is 1. The van der Waals surface area contributed by atoms with Crippen molar-refractivity contribution in [2.24, 2.45) is 0 Å². The summed E-state index contributed by atoms with van der Waals surface area (Å²) in [6, 6.07) is 6.15. The van der Waals surface area contributed by atoms with Crippen LogP contribution in [0.3, 0.4) is 0 Å². The van der Waals surface area contributed by atoms with Crippen molar-refractivity contribution in [1.82, 2.24) is 0 Å². The molecule has 2 N–H and O–H groups in total. The summed E-state index contributed by atoms with van der Waals surface area (Å²) in [7, 11) is -12.7. The summed E-state index contributed by atoms with van der Waals surface area (Å²) in [5, 5.41) is 0. The first-order chi connectivity index (χ1) is 9.41. The molecule has 21 heavy (non-hydrogen) atoms. The van der Waals surface area contributed by atoms with E-state index in [0.717, 1.165) is 5.56 Å². The van der Waals surface area contributed by atoms with Crippen LogP contribution in [-0.4, -0.2) is 37.2 Å². The molecule has 0 heterocycles. The van der Waals surface area contributed by atoms with Crippen molar-refractivity contribution in [2.75, 3.05) is 19.0 Å². The molecular weight excluding hydrogens is 342 g/mol. The molecule has 0 aromatic heterocycles. The summed E-state index contributed by atoms with van der Waals surface area (Å²) >= 11 is 0. The minimum atomic E-state index is -4.78. The zero-order valence-corrected chi connectivity index (χ0v) is 14.0. The third-order valence-corrected chi connectivity index (χ3v) is 6.43. The van der Waals surface area contributed by atoms with Gasteiger partial charge >= 0.3 is 15.4 Å². The van der Waals surface area contributed by atoms with Crippen LogP contribution in [0.4, 0.5) is 0 Å². The summed E-state index contributed by atoms with van der Waals surface area (Å²) in [4.78, 5) is 18.0. The van der Waals surface area contributed by atoms with Gasteiger partial charge in [-0.15, -0.1) is 0 Å². The van der Waals surface area contributed by atoms with E-state index in [1.165, 1.54) is 12.1 Å². The highest BCUT2D eigenvalue weighted by molar-refractivity contribution is 7.91. The molecule has 8 nitrogen and oxygen atoms in total. The first-order valence-corrected chi connectivity index (χ1v) is 10.9. The Hall–Kier alpha value is -0.530. The highest BCUT2D eigenvalue weighted by atomic mass is 32.2. The van der Waals surface area contributed by atoms with Crippen molar-refractivity contribution in [3.63, 3.8) is 0 Å². The van der Waals surface area contributed by atoms with Gasteiger partial charge in [-0.05, 0) is 24.6 Å². The summed E-state index contributed by atoms with van der Waals surface area (Å²) in [6.07, 6.45) is 0. The highest BCUT2D eigenvalue weighted by Gasteiger charge is 2.30. The van der Waals surface area contributed by atoms with E-state index < -0.39 is 37.6 Å². The molecule has 0 saturated heterocycles. The molecule has 0 amide bonds. The van der Waals surface area contributed by atoms with Gasteiger partial charge in [0.05, 0.1) is 17.3 Å². The average Bonchev–Trinajstić information content (AvgIpc) is 2.24. The predicted octanol–water partition coefficient (Wildman–Crippen LogP) is 1.72. The van der Waals surface area contributed by atoms with Crippen LogP contribution in [0.2, 0.25) is 0 Å². The second-order valence-corrected chi connectivity index (χ2v) is 9.89. The fraction of sp³-hybridized carbons (Fsp3) is 0.400. The molecule has 11 heteroatoms. The van der Waals surface area contributed by atoms with Crippen LogP contribution in [0.15, 0.2) is 29.2 Å². The number of hydrogen-bond acceptors (Lipinski definition) is 6. The van der Waals surface area contributed by atoms with Gasteiger partial charge in [-0.2, -0.15) is 0 Å². The fourth-order valence-electron chi connectivity index (χ4n) is 1.40. The summed E-state index contributed by atoms with van der Waals surface area (Å²) in [6.45, 7) is 1.79. The van der Waals surface area contributed by atoms with Gasteiger partial charge in [0.25, 0.3) is 0 Å². The van der Waals surface area contributed by atoms with E-state index in [2.05, 4.69) is 8.83 Å². The van der Waals surface area contributed by atoms with Crippen molar-refractivity contribution in [2.45, 2.75) is 11.8 Å². The highest BCUT2D eigenvalue weighted by Crippen LogP contribution is 2.57. The Morgan fingerprint density at radius 3 is 2.38 bits per heavy atom. The molecule has 0 aliphatic carbocycles. The topological polar surface area (TPSA) is 127 Å². The average molecular weight is 358 g/mol. The van der Waals surface area contributed by atoms with Gasteiger partial charge in [-0.3, -0.25) is 9.09 Å². The standard InChI is InChI=1S/C10H16O8P2S/c1-9-4-3-5-10(8-9)21(15,16)7-6-17-20(13,14)18-19(2,11)12/h3-5,8H,6-7H2,1-2H3,(H,11,12)(H,13,14). The largest absolute Gasteiger partial charge is 0.479 e. The van der Waals surface area contributed by atoms with Crippen LogP contribution in [0.1, 0.15) is 5.56 Å². The Labute approximate surface area is 122 Å². The van der Waals surface area contributed by atoms with E-state index in [1.54, 1.807) is 19.1 Å². The monoisotopic (exact) mass is 358 g/mol. The van der Waals surface area contributed by atoms with Crippen LogP contribution in [0, 0.1) is 6.92 Å². The molecule has 0 aliphatic heterocycles. The first kappa shape index (κ1) is 18.5. The Morgan fingerprint density at radius 2 is 1.86 bits per heavy atom. The number of hydrogen-bond donors (Lipinski definition) is 2. The Morgan fingerprint density at radius 1 is 1.24 bits per heavy atom. The molecule has 0 bridgehead atoms. The zero-order chi connectivity index (χ0) is 16.3. The van der Waals surface area contributed by atoms with E-state index in [-0.39, 0.29) is 4.90 Å². The smallest absolute Gasteiger partial charge is 0.324 e. The molecule has 1 aromatic carbocycles. The molecule has 0 spiro atoms. The predicted molar refractivity (Wildman–Crippen MR) is 75.8 cm³/mol.